The lowest BCUT2D eigenvalue weighted by molar-refractivity contribution is 0.330. The van der Waals surface area contributed by atoms with Gasteiger partial charge < -0.3 is 14.8 Å². The summed E-state index contributed by atoms with van der Waals surface area (Å²) in [5.41, 5.74) is 3.53. The maximum absolute atomic E-state index is 5.41. The molecule has 0 radical (unpaired) electrons. The van der Waals surface area contributed by atoms with Crippen molar-refractivity contribution < 1.29 is 9.47 Å². The molecular formula is C14H16BrN3O2S. The van der Waals surface area contributed by atoms with Crippen LogP contribution in [0.15, 0.2) is 21.7 Å². The van der Waals surface area contributed by atoms with Crippen LogP contribution < -0.4 is 20.2 Å². The number of thiocarbonyl (C=S) groups is 1. The molecule has 21 heavy (non-hydrogen) atoms. The Morgan fingerprint density at radius 2 is 2.29 bits per heavy atom. The van der Waals surface area contributed by atoms with Gasteiger partial charge in [0, 0.05) is 16.6 Å². The van der Waals surface area contributed by atoms with Crippen LogP contribution in [0, 0.1) is 12.3 Å². The Hall–Kier alpha value is -1.78. The Labute approximate surface area is 138 Å². The Bertz CT molecular complexity index is 570. The number of rotatable bonds is 6. The molecule has 0 saturated heterocycles. The van der Waals surface area contributed by atoms with E-state index in [0.29, 0.717) is 16.6 Å². The van der Waals surface area contributed by atoms with Gasteiger partial charge in [0.15, 0.2) is 16.6 Å². The van der Waals surface area contributed by atoms with Gasteiger partial charge in [-0.25, -0.2) is 0 Å². The number of hydrogen-bond donors (Lipinski definition) is 2. The van der Waals surface area contributed by atoms with Crippen molar-refractivity contribution in [1.82, 2.24) is 10.7 Å². The smallest absolute Gasteiger partial charge is 0.186 e. The minimum Gasteiger partial charge on any atom is -0.493 e. The fraction of sp³-hybridized carbons (Fsp3) is 0.286. The molecule has 0 saturated carbocycles. The number of benzene rings is 1. The average molecular weight is 370 g/mol. The van der Waals surface area contributed by atoms with E-state index < -0.39 is 0 Å². The highest BCUT2D eigenvalue weighted by atomic mass is 79.9. The quantitative estimate of drug-likeness (QED) is 0.348. The second-order valence-electron chi connectivity index (χ2n) is 3.75. The van der Waals surface area contributed by atoms with Gasteiger partial charge >= 0.3 is 0 Å². The van der Waals surface area contributed by atoms with Gasteiger partial charge in [-0.3, -0.25) is 5.43 Å². The third kappa shape index (κ3) is 5.61. The number of methoxy groups -OCH3 is 1. The van der Waals surface area contributed by atoms with E-state index in [9.17, 15) is 0 Å². The van der Waals surface area contributed by atoms with Gasteiger partial charge in [0.2, 0.25) is 0 Å². The van der Waals surface area contributed by atoms with Gasteiger partial charge in [-0.15, -0.1) is 6.42 Å². The molecule has 7 heteroatoms. The Balaban J connectivity index is 2.86. The van der Waals surface area contributed by atoms with Crippen LogP contribution in [0.2, 0.25) is 0 Å². The topological polar surface area (TPSA) is 54.9 Å². The van der Waals surface area contributed by atoms with Crippen molar-refractivity contribution in [2.24, 2.45) is 5.10 Å². The first-order chi connectivity index (χ1) is 10.1. The zero-order valence-corrected chi connectivity index (χ0v) is 14.2. The highest BCUT2D eigenvalue weighted by molar-refractivity contribution is 9.10. The van der Waals surface area contributed by atoms with Crippen LogP contribution >= 0.6 is 28.1 Å². The fourth-order valence-electron chi connectivity index (χ4n) is 1.40. The van der Waals surface area contributed by atoms with E-state index in [1.54, 1.807) is 25.5 Å². The summed E-state index contributed by atoms with van der Waals surface area (Å²) in [5, 5.41) is 7.45. The second-order valence-corrected chi connectivity index (χ2v) is 5.01. The number of nitrogens with one attached hydrogen (secondary N) is 2. The van der Waals surface area contributed by atoms with Crippen LogP contribution in [0.3, 0.4) is 0 Å². The lowest BCUT2D eigenvalue weighted by Crippen LogP contribution is -2.31. The van der Waals surface area contributed by atoms with Crippen LogP contribution in [0.5, 0.6) is 11.5 Å². The molecule has 2 N–H and O–H groups in total. The van der Waals surface area contributed by atoms with Gasteiger partial charge in [0.1, 0.15) is 6.61 Å². The lowest BCUT2D eigenvalue weighted by Gasteiger charge is -2.11. The predicted octanol–water partition coefficient (Wildman–Crippen LogP) is 2.29. The van der Waals surface area contributed by atoms with Gasteiger partial charge in [0.25, 0.3) is 0 Å². The zero-order valence-electron chi connectivity index (χ0n) is 11.8. The van der Waals surface area contributed by atoms with Crippen molar-refractivity contribution in [2.45, 2.75) is 6.92 Å². The molecule has 0 aromatic heterocycles. The molecule has 0 aliphatic rings. The highest BCUT2D eigenvalue weighted by Crippen LogP contribution is 2.32. The van der Waals surface area contributed by atoms with Gasteiger partial charge in [0.05, 0.1) is 13.3 Å². The number of hydrogen-bond acceptors (Lipinski definition) is 4. The van der Waals surface area contributed by atoms with Crippen molar-refractivity contribution in [2.75, 3.05) is 20.3 Å². The van der Waals surface area contributed by atoms with Crippen molar-refractivity contribution in [3.05, 3.63) is 22.2 Å². The molecular weight excluding hydrogens is 354 g/mol. The zero-order chi connectivity index (χ0) is 15.7. The Kier molecular flexibility index (Phi) is 7.58. The van der Waals surface area contributed by atoms with Crippen molar-refractivity contribution in [1.29, 1.82) is 0 Å². The number of terminal acetylenes is 1. The molecule has 1 aromatic carbocycles. The van der Waals surface area contributed by atoms with Crippen LogP contribution in [-0.2, 0) is 0 Å². The van der Waals surface area contributed by atoms with Crippen molar-refractivity contribution >= 4 is 39.5 Å². The van der Waals surface area contributed by atoms with E-state index in [-0.39, 0.29) is 6.61 Å². The van der Waals surface area contributed by atoms with Gasteiger partial charge in [-0.1, -0.05) is 5.92 Å². The maximum Gasteiger partial charge on any atom is 0.186 e. The summed E-state index contributed by atoms with van der Waals surface area (Å²) in [4.78, 5) is 0. The van der Waals surface area contributed by atoms with Crippen LogP contribution in [0.4, 0.5) is 0 Å². The summed E-state index contributed by atoms with van der Waals surface area (Å²) < 4.78 is 11.5. The van der Waals surface area contributed by atoms with E-state index in [4.69, 9.17) is 28.1 Å². The number of nitrogens with zero attached hydrogens (tertiary/aromatic N) is 1. The Morgan fingerprint density at radius 1 is 1.52 bits per heavy atom. The van der Waals surface area contributed by atoms with E-state index in [2.05, 4.69) is 37.7 Å². The monoisotopic (exact) mass is 369 g/mol. The fourth-order valence-corrected chi connectivity index (χ4v) is 2.02. The van der Waals surface area contributed by atoms with Crippen LogP contribution in [-0.4, -0.2) is 31.6 Å². The molecule has 0 amide bonds. The average Bonchev–Trinajstić information content (AvgIpc) is 2.47. The standard InChI is InChI=1S/C14H16BrN3O2S/c1-4-6-20-13-8-11(15)10(7-12(13)19-3)9-17-18-14(21)16-5-2/h1,7-9H,5-6H2,2-3H3,(H2,16,18,21). The molecule has 0 atom stereocenters. The first-order valence-corrected chi connectivity index (χ1v) is 7.33. The van der Waals surface area contributed by atoms with E-state index in [0.717, 1.165) is 16.6 Å². The summed E-state index contributed by atoms with van der Waals surface area (Å²) in [6.07, 6.45) is 6.81. The third-order valence-electron chi connectivity index (χ3n) is 2.30. The minimum absolute atomic E-state index is 0.175. The SMILES string of the molecule is C#CCOc1cc(Br)c(C=NNC(=S)NCC)cc1OC. The van der Waals surface area contributed by atoms with Crippen molar-refractivity contribution in [3.63, 3.8) is 0 Å². The normalized spacial score (nSPS) is 10.0. The second kappa shape index (κ2) is 9.21. The summed E-state index contributed by atoms with van der Waals surface area (Å²) >= 11 is 8.45. The summed E-state index contributed by atoms with van der Waals surface area (Å²) in [5.74, 6) is 3.55. The van der Waals surface area contributed by atoms with Crippen molar-refractivity contribution in [3.8, 4) is 23.8 Å². The maximum atomic E-state index is 5.41. The molecule has 5 nitrogen and oxygen atoms in total. The molecule has 0 aliphatic carbocycles. The molecule has 1 aromatic rings. The first kappa shape index (κ1) is 17.3. The molecule has 1 rings (SSSR count). The molecule has 112 valence electrons. The molecule has 0 fully saturated rings. The third-order valence-corrected chi connectivity index (χ3v) is 3.22. The molecule has 0 bridgehead atoms. The van der Waals surface area contributed by atoms with Gasteiger partial charge in [-0.2, -0.15) is 5.10 Å². The molecule has 0 spiro atoms. The van der Waals surface area contributed by atoms with Gasteiger partial charge in [-0.05, 0) is 47.2 Å². The number of ether oxygens (including phenoxy) is 2. The van der Waals surface area contributed by atoms with Crippen LogP contribution in [0.25, 0.3) is 0 Å². The van der Waals surface area contributed by atoms with E-state index >= 15 is 0 Å². The van der Waals surface area contributed by atoms with Crippen LogP contribution in [0.1, 0.15) is 12.5 Å². The minimum atomic E-state index is 0.175. The predicted molar refractivity (Wildman–Crippen MR) is 92.0 cm³/mol. The first-order valence-electron chi connectivity index (χ1n) is 6.13. The summed E-state index contributed by atoms with van der Waals surface area (Å²) in [6.45, 7) is 2.86. The summed E-state index contributed by atoms with van der Waals surface area (Å²) in [7, 11) is 1.56. The largest absolute Gasteiger partial charge is 0.493 e. The number of halogens is 1. The van der Waals surface area contributed by atoms with E-state index in [1.807, 2.05) is 6.92 Å². The molecule has 0 aliphatic heterocycles. The lowest BCUT2D eigenvalue weighted by atomic mass is 10.2. The highest BCUT2D eigenvalue weighted by Gasteiger charge is 2.09. The van der Waals surface area contributed by atoms with E-state index in [1.165, 1.54) is 0 Å². The molecule has 0 heterocycles. The number of hydrazone groups is 1. The Morgan fingerprint density at radius 3 is 2.90 bits per heavy atom. The molecule has 0 unspecified atom stereocenters. The summed E-state index contributed by atoms with van der Waals surface area (Å²) in [6, 6.07) is 3.57.